The van der Waals surface area contributed by atoms with Crippen LogP contribution in [0.2, 0.25) is 0 Å². The van der Waals surface area contributed by atoms with Crippen LogP contribution in [-0.2, 0) is 16.4 Å². The fourth-order valence-electron chi connectivity index (χ4n) is 1.32. The molecule has 1 radical (unpaired) electrons. The lowest BCUT2D eigenvalue weighted by Crippen LogP contribution is -2.25. The highest BCUT2D eigenvalue weighted by molar-refractivity contribution is 7.89. The molecule has 0 aliphatic carbocycles. The molecule has 0 fully saturated rings. The molecule has 1 aromatic rings. The van der Waals surface area contributed by atoms with Crippen molar-refractivity contribution in [2.45, 2.75) is 11.3 Å². The standard InChI is InChI=1S/C8H8NO2S/c10-12(11)8-4-2-1-3-7(8)5-6-9-12/h1-4H,5-6H2. The maximum atomic E-state index is 11.3. The average Bonchev–Trinajstić information content (AvgIpc) is 2.04. The largest absolute Gasteiger partial charge is 0.257 e. The Bertz CT molecular complexity index is 397. The van der Waals surface area contributed by atoms with Gasteiger partial charge in [0.05, 0.1) is 4.90 Å². The van der Waals surface area contributed by atoms with Gasteiger partial charge in [-0.25, -0.2) is 8.42 Å². The minimum Gasteiger partial charge on any atom is -0.206 e. The van der Waals surface area contributed by atoms with Crippen molar-refractivity contribution in [1.29, 1.82) is 0 Å². The molecule has 2 rings (SSSR count). The summed E-state index contributed by atoms with van der Waals surface area (Å²) < 4.78 is 26.2. The summed E-state index contributed by atoms with van der Waals surface area (Å²) in [4.78, 5) is 0.372. The number of hydrogen-bond acceptors (Lipinski definition) is 2. The normalized spacial score (nSPS) is 20.0. The van der Waals surface area contributed by atoms with E-state index in [2.05, 4.69) is 4.72 Å². The van der Waals surface area contributed by atoms with Gasteiger partial charge in [0.1, 0.15) is 0 Å². The number of fused-ring (bicyclic) bond motifs is 1. The van der Waals surface area contributed by atoms with Crippen molar-refractivity contribution in [3.63, 3.8) is 0 Å². The molecule has 0 bridgehead atoms. The van der Waals surface area contributed by atoms with Crippen LogP contribution in [-0.4, -0.2) is 15.0 Å². The second-order valence-electron chi connectivity index (χ2n) is 2.69. The highest BCUT2D eigenvalue weighted by atomic mass is 32.2. The van der Waals surface area contributed by atoms with Crippen molar-refractivity contribution in [3.8, 4) is 0 Å². The van der Waals surface area contributed by atoms with E-state index in [9.17, 15) is 8.42 Å². The quantitative estimate of drug-likeness (QED) is 0.587. The molecule has 0 aromatic heterocycles. The van der Waals surface area contributed by atoms with Crippen LogP contribution in [0.4, 0.5) is 0 Å². The van der Waals surface area contributed by atoms with E-state index < -0.39 is 10.0 Å². The van der Waals surface area contributed by atoms with Gasteiger partial charge in [-0.2, -0.15) is 0 Å². The van der Waals surface area contributed by atoms with Crippen LogP contribution in [0, 0.1) is 0 Å². The minimum absolute atomic E-state index is 0.372. The van der Waals surface area contributed by atoms with Crippen LogP contribution in [0.15, 0.2) is 29.2 Å². The topological polar surface area (TPSA) is 48.2 Å². The van der Waals surface area contributed by atoms with E-state index in [0.29, 0.717) is 11.4 Å². The maximum absolute atomic E-state index is 11.3. The van der Waals surface area contributed by atoms with Gasteiger partial charge in [0.15, 0.2) is 0 Å². The SMILES string of the molecule is O=S1(=O)[N]CCc2ccccc21. The monoisotopic (exact) mass is 182 g/mol. The van der Waals surface area contributed by atoms with E-state index in [0.717, 1.165) is 12.0 Å². The van der Waals surface area contributed by atoms with Gasteiger partial charge in [0, 0.05) is 6.54 Å². The Morgan fingerprint density at radius 1 is 1.25 bits per heavy atom. The van der Waals surface area contributed by atoms with Crippen molar-refractivity contribution in [2.75, 3.05) is 6.54 Å². The first-order valence-electron chi connectivity index (χ1n) is 3.72. The summed E-state index contributed by atoms with van der Waals surface area (Å²) in [6.45, 7) is 0.388. The molecule has 0 atom stereocenters. The number of hydrogen-bond donors (Lipinski definition) is 0. The predicted molar refractivity (Wildman–Crippen MR) is 44.3 cm³/mol. The average molecular weight is 182 g/mol. The highest BCUT2D eigenvalue weighted by Gasteiger charge is 2.22. The molecular formula is C8H8NO2S. The lowest BCUT2D eigenvalue weighted by molar-refractivity contribution is 0.571. The Hall–Kier alpha value is -0.870. The molecule has 0 amide bonds. The molecule has 1 aliphatic heterocycles. The summed E-state index contributed by atoms with van der Waals surface area (Å²) in [5.74, 6) is 0. The molecule has 0 saturated carbocycles. The van der Waals surface area contributed by atoms with E-state index in [1.54, 1.807) is 12.1 Å². The first kappa shape index (κ1) is 7.76. The van der Waals surface area contributed by atoms with E-state index in [1.165, 1.54) is 0 Å². The Kier molecular flexibility index (Phi) is 1.66. The molecule has 12 heavy (non-hydrogen) atoms. The van der Waals surface area contributed by atoms with Crippen molar-refractivity contribution < 1.29 is 8.42 Å². The van der Waals surface area contributed by atoms with Crippen LogP contribution in [0.5, 0.6) is 0 Å². The molecule has 0 unspecified atom stereocenters. The molecule has 1 heterocycles. The molecule has 0 spiro atoms. The van der Waals surface area contributed by atoms with Gasteiger partial charge >= 0.3 is 0 Å². The molecule has 1 aromatic carbocycles. The summed E-state index contributed by atoms with van der Waals surface area (Å²) in [5.41, 5.74) is 0.882. The summed E-state index contributed by atoms with van der Waals surface area (Å²) in [6.07, 6.45) is 0.732. The Morgan fingerprint density at radius 2 is 2.00 bits per heavy atom. The second kappa shape index (κ2) is 2.57. The molecular weight excluding hydrogens is 174 g/mol. The lowest BCUT2D eigenvalue weighted by Gasteiger charge is -2.14. The summed E-state index contributed by atoms with van der Waals surface area (Å²) in [5, 5.41) is 0. The van der Waals surface area contributed by atoms with Gasteiger partial charge < -0.3 is 0 Å². The van der Waals surface area contributed by atoms with Gasteiger partial charge in [0.25, 0.3) is 10.0 Å². The van der Waals surface area contributed by atoms with Crippen LogP contribution in [0.1, 0.15) is 5.56 Å². The number of benzene rings is 1. The maximum Gasteiger partial charge on any atom is 0.257 e. The zero-order chi connectivity index (χ0) is 8.60. The van der Waals surface area contributed by atoms with Crippen LogP contribution < -0.4 is 4.72 Å². The summed E-state index contributed by atoms with van der Waals surface area (Å²) in [7, 11) is -3.32. The zero-order valence-corrected chi connectivity index (χ0v) is 7.21. The fourth-order valence-corrected chi connectivity index (χ4v) is 2.54. The zero-order valence-electron chi connectivity index (χ0n) is 6.40. The third-order valence-corrected chi connectivity index (χ3v) is 3.37. The van der Waals surface area contributed by atoms with Crippen LogP contribution in [0.3, 0.4) is 0 Å². The van der Waals surface area contributed by atoms with Gasteiger partial charge in [-0.1, -0.05) is 18.2 Å². The molecule has 4 heteroatoms. The predicted octanol–water partition coefficient (Wildman–Crippen LogP) is 0.536. The van der Waals surface area contributed by atoms with Gasteiger partial charge in [-0.3, -0.25) is 0 Å². The van der Waals surface area contributed by atoms with Gasteiger partial charge in [-0.05, 0) is 18.1 Å². The van der Waals surface area contributed by atoms with E-state index in [4.69, 9.17) is 0 Å². The third kappa shape index (κ3) is 1.13. The number of sulfonamides is 1. The Balaban J connectivity index is 2.67. The van der Waals surface area contributed by atoms with Gasteiger partial charge in [-0.15, -0.1) is 4.72 Å². The Morgan fingerprint density at radius 3 is 2.75 bits per heavy atom. The Labute approximate surface area is 71.5 Å². The minimum atomic E-state index is -3.32. The summed E-state index contributed by atoms with van der Waals surface area (Å²) >= 11 is 0. The lowest BCUT2D eigenvalue weighted by atomic mass is 10.1. The van der Waals surface area contributed by atoms with Gasteiger partial charge in [0.2, 0.25) is 0 Å². The molecule has 1 aliphatic rings. The first-order chi connectivity index (χ1) is 5.70. The smallest absolute Gasteiger partial charge is 0.206 e. The van der Waals surface area contributed by atoms with Crippen molar-refractivity contribution in [1.82, 2.24) is 4.72 Å². The molecule has 0 N–H and O–H groups in total. The molecule has 0 saturated heterocycles. The van der Waals surface area contributed by atoms with Crippen molar-refractivity contribution >= 4 is 10.0 Å². The van der Waals surface area contributed by atoms with Crippen molar-refractivity contribution in [2.24, 2.45) is 0 Å². The third-order valence-electron chi connectivity index (χ3n) is 1.89. The molecule has 63 valence electrons. The second-order valence-corrected chi connectivity index (χ2v) is 4.33. The molecule has 3 nitrogen and oxygen atoms in total. The number of rotatable bonds is 0. The first-order valence-corrected chi connectivity index (χ1v) is 5.16. The van der Waals surface area contributed by atoms with Crippen LogP contribution in [0.25, 0.3) is 0 Å². The highest BCUT2D eigenvalue weighted by Crippen LogP contribution is 2.19. The fraction of sp³-hybridized carbons (Fsp3) is 0.250. The van der Waals surface area contributed by atoms with Crippen LogP contribution >= 0.6 is 0 Å². The number of nitrogens with zero attached hydrogens (tertiary/aromatic N) is 1. The van der Waals surface area contributed by atoms with Crippen molar-refractivity contribution in [3.05, 3.63) is 29.8 Å². The van der Waals surface area contributed by atoms with E-state index in [1.807, 2.05) is 12.1 Å². The van der Waals surface area contributed by atoms with E-state index in [-0.39, 0.29) is 0 Å². The summed E-state index contributed by atoms with van der Waals surface area (Å²) in [6, 6.07) is 7.01. The van der Waals surface area contributed by atoms with E-state index >= 15 is 0 Å².